The first-order chi connectivity index (χ1) is 15.5. The molecule has 5 nitrogen and oxygen atoms in total. The normalized spacial score (nSPS) is 14.7. The summed E-state index contributed by atoms with van der Waals surface area (Å²) >= 11 is 1.57. The minimum Gasteiger partial charge on any atom is -0.497 e. The smallest absolute Gasteiger partial charge is 0.242 e. The second-order valence-electron chi connectivity index (χ2n) is 8.51. The molecule has 32 heavy (non-hydrogen) atoms. The average Bonchev–Trinajstić information content (AvgIpc) is 3.31. The Balaban J connectivity index is 1.63. The van der Waals surface area contributed by atoms with Crippen LogP contribution in [0.2, 0.25) is 0 Å². The lowest BCUT2D eigenvalue weighted by atomic mass is 10.1. The highest BCUT2D eigenvalue weighted by molar-refractivity contribution is 7.99. The van der Waals surface area contributed by atoms with Gasteiger partial charge < -0.3 is 15.0 Å². The summed E-state index contributed by atoms with van der Waals surface area (Å²) in [5.41, 5.74) is 3.35. The SMILES string of the molecule is COc1ccc(CSCC(=O)N(Cc2ccc(C)cc2)[C@@H](C)C(=O)NC2CCCC2)cc1. The number of carbonyl (C=O) groups is 2. The highest BCUT2D eigenvalue weighted by Gasteiger charge is 2.28. The molecular weight excluding hydrogens is 420 g/mol. The minimum absolute atomic E-state index is 0.0156. The highest BCUT2D eigenvalue weighted by Crippen LogP contribution is 2.20. The Kier molecular flexibility index (Phi) is 9.03. The van der Waals surface area contributed by atoms with Gasteiger partial charge in [0.2, 0.25) is 11.8 Å². The van der Waals surface area contributed by atoms with Crippen LogP contribution in [0.5, 0.6) is 5.75 Å². The minimum atomic E-state index is -0.508. The van der Waals surface area contributed by atoms with Gasteiger partial charge in [0.1, 0.15) is 11.8 Å². The number of benzene rings is 2. The summed E-state index contributed by atoms with van der Waals surface area (Å²) in [7, 11) is 1.65. The lowest BCUT2D eigenvalue weighted by Gasteiger charge is -2.29. The van der Waals surface area contributed by atoms with Crippen LogP contribution in [0.1, 0.15) is 49.3 Å². The number of amides is 2. The van der Waals surface area contributed by atoms with Gasteiger partial charge in [0.25, 0.3) is 0 Å². The van der Waals surface area contributed by atoms with Crippen molar-refractivity contribution in [3.63, 3.8) is 0 Å². The van der Waals surface area contributed by atoms with Crippen LogP contribution in [0.4, 0.5) is 0 Å². The van der Waals surface area contributed by atoms with Crippen molar-refractivity contribution in [3.05, 3.63) is 65.2 Å². The molecule has 0 heterocycles. The van der Waals surface area contributed by atoms with Crippen molar-refractivity contribution in [2.24, 2.45) is 0 Å². The molecule has 1 saturated carbocycles. The van der Waals surface area contributed by atoms with Crippen LogP contribution in [-0.2, 0) is 21.9 Å². The van der Waals surface area contributed by atoms with Gasteiger partial charge in [-0.05, 0) is 49.9 Å². The van der Waals surface area contributed by atoms with Crippen molar-refractivity contribution in [1.82, 2.24) is 10.2 Å². The van der Waals surface area contributed by atoms with Crippen LogP contribution in [-0.4, -0.2) is 41.7 Å². The van der Waals surface area contributed by atoms with Crippen LogP contribution in [0.3, 0.4) is 0 Å². The standard InChI is InChI=1S/C26H34N2O3S/c1-19-8-10-21(11-9-19)16-28(20(2)26(30)27-23-6-4-5-7-23)25(29)18-32-17-22-12-14-24(31-3)15-13-22/h8-15,20,23H,4-7,16-18H2,1-3H3,(H,27,30)/t20-/m0/s1. The molecule has 1 atom stereocenters. The molecule has 0 aliphatic heterocycles. The molecule has 0 unspecified atom stereocenters. The van der Waals surface area contributed by atoms with E-state index in [9.17, 15) is 9.59 Å². The molecule has 1 aliphatic carbocycles. The number of aryl methyl sites for hydroxylation is 1. The van der Waals surface area contributed by atoms with E-state index in [2.05, 4.69) is 5.32 Å². The molecule has 0 bridgehead atoms. The largest absolute Gasteiger partial charge is 0.497 e. The molecule has 0 spiro atoms. The first kappa shape index (κ1) is 24.2. The van der Waals surface area contributed by atoms with Gasteiger partial charge in [-0.15, -0.1) is 11.8 Å². The number of rotatable bonds is 10. The quantitative estimate of drug-likeness (QED) is 0.565. The van der Waals surface area contributed by atoms with Gasteiger partial charge in [0.05, 0.1) is 12.9 Å². The number of nitrogens with zero attached hydrogens (tertiary/aromatic N) is 1. The zero-order valence-corrected chi connectivity index (χ0v) is 20.1. The third-order valence-corrected chi connectivity index (χ3v) is 6.98. The fourth-order valence-corrected chi connectivity index (χ4v) is 4.80. The first-order valence-electron chi connectivity index (χ1n) is 11.3. The number of thioether (sulfide) groups is 1. The lowest BCUT2D eigenvalue weighted by molar-refractivity contribution is -0.138. The monoisotopic (exact) mass is 454 g/mol. The molecular formula is C26H34N2O3S. The second-order valence-corrected chi connectivity index (χ2v) is 9.50. The van der Waals surface area contributed by atoms with Crippen molar-refractivity contribution in [2.75, 3.05) is 12.9 Å². The van der Waals surface area contributed by atoms with Gasteiger partial charge in [-0.3, -0.25) is 9.59 Å². The maximum absolute atomic E-state index is 13.2. The summed E-state index contributed by atoms with van der Waals surface area (Å²) < 4.78 is 5.20. The molecule has 2 aromatic rings. The van der Waals surface area contributed by atoms with Gasteiger partial charge in [-0.25, -0.2) is 0 Å². The van der Waals surface area contributed by atoms with Crippen molar-refractivity contribution in [2.45, 2.75) is 63.9 Å². The summed E-state index contributed by atoms with van der Waals surface area (Å²) in [5, 5.41) is 3.15. The first-order valence-corrected chi connectivity index (χ1v) is 12.5. The Labute approximate surface area is 195 Å². The third kappa shape index (κ3) is 7.02. The van der Waals surface area contributed by atoms with E-state index < -0.39 is 6.04 Å². The topological polar surface area (TPSA) is 58.6 Å². The summed E-state index contributed by atoms with van der Waals surface area (Å²) in [5.74, 6) is 1.81. The molecule has 2 aromatic carbocycles. The van der Waals surface area contributed by atoms with E-state index in [0.717, 1.165) is 48.3 Å². The molecule has 172 valence electrons. The number of methoxy groups -OCH3 is 1. The summed E-state index contributed by atoms with van der Waals surface area (Å²) in [4.78, 5) is 27.8. The van der Waals surface area contributed by atoms with Crippen molar-refractivity contribution in [1.29, 1.82) is 0 Å². The van der Waals surface area contributed by atoms with Crippen LogP contribution in [0.15, 0.2) is 48.5 Å². The molecule has 1 aliphatic rings. The van der Waals surface area contributed by atoms with E-state index in [1.54, 1.807) is 23.8 Å². The lowest BCUT2D eigenvalue weighted by Crippen LogP contribution is -2.50. The second kappa shape index (κ2) is 12.0. The predicted octanol–water partition coefficient (Wildman–Crippen LogP) is 4.71. The average molecular weight is 455 g/mol. The van der Waals surface area contributed by atoms with E-state index >= 15 is 0 Å². The van der Waals surface area contributed by atoms with Crippen LogP contribution in [0, 0.1) is 6.92 Å². The van der Waals surface area contributed by atoms with Crippen molar-refractivity contribution >= 4 is 23.6 Å². The Hall–Kier alpha value is -2.47. The van der Waals surface area contributed by atoms with Crippen LogP contribution in [0.25, 0.3) is 0 Å². The molecule has 1 fully saturated rings. The Bertz CT molecular complexity index is 877. The zero-order chi connectivity index (χ0) is 22.9. The summed E-state index contributed by atoms with van der Waals surface area (Å²) in [6.45, 7) is 4.31. The summed E-state index contributed by atoms with van der Waals surface area (Å²) in [6, 6.07) is 15.8. The maximum Gasteiger partial charge on any atom is 0.242 e. The van der Waals surface area contributed by atoms with E-state index in [1.165, 1.54) is 5.56 Å². The fraction of sp³-hybridized carbons (Fsp3) is 0.462. The Morgan fingerprint density at radius 2 is 1.69 bits per heavy atom. The van der Waals surface area contributed by atoms with Crippen molar-refractivity contribution < 1.29 is 14.3 Å². The van der Waals surface area contributed by atoms with Gasteiger partial charge in [0, 0.05) is 18.3 Å². The number of nitrogens with one attached hydrogen (secondary N) is 1. The number of hydrogen-bond acceptors (Lipinski definition) is 4. The molecule has 0 aromatic heterocycles. The Morgan fingerprint density at radius 3 is 2.31 bits per heavy atom. The van der Waals surface area contributed by atoms with E-state index in [0.29, 0.717) is 12.3 Å². The van der Waals surface area contributed by atoms with Gasteiger partial charge in [-0.2, -0.15) is 0 Å². The van der Waals surface area contributed by atoms with E-state index in [-0.39, 0.29) is 17.9 Å². The van der Waals surface area contributed by atoms with Crippen LogP contribution < -0.4 is 10.1 Å². The van der Waals surface area contributed by atoms with Gasteiger partial charge in [0.15, 0.2) is 0 Å². The van der Waals surface area contributed by atoms with E-state index in [4.69, 9.17) is 4.74 Å². The third-order valence-electron chi connectivity index (χ3n) is 6.00. The van der Waals surface area contributed by atoms with Crippen molar-refractivity contribution in [3.8, 4) is 5.75 Å². The van der Waals surface area contributed by atoms with Crippen LogP contribution >= 0.6 is 11.8 Å². The fourth-order valence-electron chi connectivity index (χ4n) is 3.93. The molecule has 0 radical (unpaired) electrons. The maximum atomic E-state index is 13.2. The molecule has 0 saturated heterocycles. The molecule has 2 amide bonds. The number of hydrogen-bond donors (Lipinski definition) is 1. The van der Waals surface area contributed by atoms with Gasteiger partial charge >= 0.3 is 0 Å². The highest BCUT2D eigenvalue weighted by atomic mass is 32.2. The number of carbonyl (C=O) groups excluding carboxylic acids is 2. The summed E-state index contributed by atoms with van der Waals surface area (Å²) in [6.07, 6.45) is 4.38. The Morgan fingerprint density at radius 1 is 1.06 bits per heavy atom. The van der Waals surface area contributed by atoms with Gasteiger partial charge in [-0.1, -0.05) is 54.8 Å². The molecule has 1 N–H and O–H groups in total. The molecule has 3 rings (SSSR count). The predicted molar refractivity (Wildman–Crippen MR) is 131 cm³/mol. The number of ether oxygens (including phenoxy) is 1. The van der Waals surface area contributed by atoms with E-state index in [1.807, 2.05) is 62.4 Å². The zero-order valence-electron chi connectivity index (χ0n) is 19.3. The molecule has 6 heteroatoms.